The molecule has 2 rings (SSSR count). The highest BCUT2D eigenvalue weighted by Crippen LogP contribution is 2.39. The normalized spacial score (nSPS) is 12.4. The maximum atomic E-state index is 11.8. The van der Waals surface area contributed by atoms with Crippen LogP contribution < -0.4 is 10.4 Å². The summed E-state index contributed by atoms with van der Waals surface area (Å²) in [6.45, 7) is 4.39. The molecule has 112 valence electrons. The van der Waals surface area contributed by atoms with Gasteiger partial charge >= 0.3 is 0 Å². The van der Waals surface area contributed by atoms with E-state index >= 15 is 0 Å². The fourth-order valence-electron chi connectivity index (χ4n) is 3.01. The summed E-state index contributed by atoms with van der Waals surface area (Å²) in [7, 11) is -2.80. The van der Waals surface area contributed by atoms with Crippen LogP contribution in [0.15, 0.2) is 60.7 Å². The maximum Gasteiger partial charge on any atom is 0.258 e. The molecule has 2 aromatic carbocycles. The van der Waals surface area contributed by atoms with Crippen LogP contribution in [0.5, 0.6) is 0 Å². The van der Waals surface area contributed by atoms with Crippen LogP contribution in [0.25, 0.3) is 0 Å². The average molecular weight is 317 g/mol. The lowest BCUT2D eigenvalue weighted by Crippen LogP contribution is -2.65. The fraction of sp³-hybridized carbons (Fsp3) is 0.333. The van der Waals surface area contributed by atoms with E-state index in [1.807, 2.05) is 36.4 Å². The molecule has 0 spiro atoms. The predicted molar refractivity (Wildman–Crippen MR) is 97.3 cm³/mol. The first-order valence-corrected chi connectivity index (χ1v) is 10.0. The molecular weight excluding hydrogens is 292 g/mol. The van der Waals surface area contributed by atoms with Crippen LogP contribution in [0.1, 0.15) is 26.7 Å². The van der Waals surface area contributed by atoms with Gasteiger partial charge in [-0.25, -0.2) is 0 Å². The molecular formula is C18H24OSSi. The monoisotopic (exact) mass is 316 g/mol. The maximum absolute atomic E-state index is 11.8. The number of hydrogen-bond donors (Lipinski definition) is 2. The molecule has 0 heterocycles. The molecule has 0 unspecified atom stereocenters. The van der Waals surface area contributed by atoms with Crippen LogP contribution >= 0.6 is 12.6 Å². The first kappa shape index (κ1) is 16.3. The Labute approximate surface area is 134 Å². The topological polar surface area (TPSA) is 20.2 Å². The molecule has 0 aliphatic rings. The molecule has 0 saturated heterocycles. The van der Waals surface area contributed by atoms with Crippen molar-refractivity contribution in [3.8, 4) is 0 Å². The van der Waals surface area contributed by atoms with Gasteiger partial charge in [0.15, 0.2) is 0 Å². The van der Waals surface area contributed by atoms with E-state index in [-0.39, 0.29) is 5.04 Å². The number of thiol groups is 1. The van der Waals surface area contributed by atoms with Crippen molar-refractivity contribution in [1.29, 1.82) is 0 Å². The predicted octanol–water partition coefficient (Wildman–Crippen LogP) is 3.23. The van der Waals surface area contributed by atoms with Gasteiger partial charge in [0.25, 0.3) is 8.32 Å². The summed E-state index contributed by atoms with van der Waals surface area (Å²) in [5.74, 6) is 0.859. The van der Waals surface area contributed by atoms with Crippen LogP contribution in [-0.2, 0) is 0 Å². The van der Waals surface area contributed by atoms with Gasteiger partial charge in [0.1, 0.15) is 0 Å². The van der Waals surface area contributed by atoms with Crippen molar-refractivity contribution in [2.75, 3.05) is 5.75 Å². The second-order valence-corrected chi connectivity index (χ2v) is 10.5. The third-order valence-corrected chi connectivity index (χ3v) is 9.19. The molecule has 0 radical (unpaired) electrons. The SMILES string of the molecule is CC(C)(CCCS)[Si](O)(c1ccccc1)c1ccccc1. The van der Waals surface area contributed by atoms with Gasteiger partial charge in [-0.05, 0) is 34.0 Å². The molecule has 1 nitrogen and oxygen atoms in total. The highest BCUT2D eigenvalue weighted by Gasteiger charge is 2.49. The Bertz CT molecular complexity index is 514. The third-order valence-electron chi connectivity index (χ3n) is 4.32. The Morgan fingerprint density at radius 2 is 1.33 bits per heavy atom. The minimum absolute atomic E-state index is 0.140. The van der Waals surface area contributed by atoms with Crippen LogP contribution in [0.4, 0.5) is 0 Å². The summed E-state index contributed by atoms with van der Waals surface area (Å²) in [5.41, 5.74) is 0. The van der Waals surface area contributed by atoms with Crippen molar-refractivity contribution in [2.45, 2.75) is 31.7 Å². The Kier molecular flexibility index (Phi) is 5.30. The van der Waals surface area contributed by atoms with E-state index in [0.717, 1.165) is 29.0 Å². The van der Waals surface area contributed by atoms with Crippen LogP contribution in [0.3, 0.4) is 0 Å². The molecule has 0 bridgehead atoms. The summed E-state index contributed by atoms with van der Waals surface area (Å²) >= 11 is 4.34. The minimum Gasteiger partial charge on any atom is -0.424 e. The van der Waals surface area contributed by atoms with Crippen LogP contribution in [0.2, 0.25) is 5.04 Å². The lowest BCUT2D eigenvalue weighted by atomic mass is 10.1. The molecule has 0 atom stereocenters. The summed E-state index contributed by atoms with van der Waals surface area (Å²) < 4.78 is 0. The van der Waals surface area contributed by atoms with Crippen molar-refractivity contribution < 1.29 is 4.80 Å². The van der Waals surface area contributed by atoms with Gasteiger partial charge in [-0.1, -0.05) is 74.5 Å². The lowest BCUT2D eigenvalue weighted by Gasteiger charge is -2.41. The molecule has 0 saturated carbocycles. The van der Waals surface area contributed by atoms with Crippen molar-refractivity contribution in [1.82, 2.24) is 0 Å². The highest BCUT2D eigenvalue weighted by atomic mass is 32.1. The molecule has 0 amide bonds. The molecule has 0 fully saturated rings. The Balaban J connectivity index is 2.55. The van der Waals surface area contributed by atoms with Gasteiger partial charge in [-0.2, -0.15) is 12.6 Å². The number of rotatable bonds is 6. The smallest absolute Gasteiger partial charge is 0.258 e. The van der Waals surface area contributed by atoms with Gasteiger partial charge in [-0.15, -0.1) is 0 Å². The van der Waals surface area contributed by atoms with Crippen molar-refractivity contribution in [3.05, 3.63) is 60.7 Å². The second kappa shape index (κ2) is 6.82. The first-order chi connectivity index (χ1) is 10.0. The molecule has 0 aromatic heterocycles. The molecule has 1 N–H and O–H groups in total. The van der Waals surface area contributed by atoms with Crippen molar-refractivity contribution in [2.24, 2.45) is 0 Å². The first-order valence-electron chi connectivity index (χ1n) is 7.46. The van der Waals surface area contributed by atoms with E-state index in [1.165, 1.54) is 0 Å². The van der Waals surface area contributed by atoms with E-state index in [9.17, 15) is 4.80 Å². The molecule has 2 aromatic rings. The molecule has 0 aliphatic heterocycles. The van der Waals surface area contributed by atoms with E-state index < -0.39 is 8.32 Å². The van der Waals surface area contributed by atoms with Gasteiger partial charge in [0.05, 0.1) is 0 Å². The molecule has 0 aliphatic carbocycles. The fourth-order valence-corrected chi connectivity index (χ4v) is 6.95. The molecule has 3 heteroatoms. The van der Waals surface area contributed by atoms with Crippen LogP contribution in [0, 0.1) is 0 Å². The Morgan fingerprint density at radius 3 is 1.71 bits per heavy atom. The van der Waals surface area contributed by atoms with Crippen LogP contribution in [-0.4, -0.2) is 18.9 Å². The zero-order valence-corrected chi connectivity index (χ0v) is 14.7. The van der Waals surface area contributed by atoms with Gasteiger partial charge in [0.2, 0.25) is 0 Å². The largest absolute Gasteiger partial charge is 0.424 e. The summed E-state index contributed by atoms with van der Waals surface area (Å²) in [5, 5.41) is 2.03. The van der Waals surface area contributed by atoms with Crippen molar-refractivity contribution in [3.63, 3.8) is 0 Å². The van der Waals surface area contributed by atoms with Gasteiger partial charge in [-0.3, -0.25) is 0 Å². The van der Waals surface area contributed by atoms with E-state index in [4.69, 9.17) is 0 Å². The van der Waals surface area contributed by atoms with Gasteiger partial charge in [0, 0.05) is 0 Å². The van der Waals surface area contributed by atoms with Gasteiger partial charge < -0.3 is 4.80 Å². The van der Waals surface area contributed by atoms with Crippen molar-refractivity contribution >= 4 is 31.3 Å². The summed E-state index contributed by atoms with van der Waals surface area (Å²) in [6, 6.07) is 20.4. The average Bonchev–Trinajstić information content (AvgIpc) is 2.53. The Hall–Kier alpha value is -1.03. The van der Waals surface area contributed by atoms with E-state index in [2.05, 4.69) is 50.7 Å². The van der Waals surface area contributed by atoms with E-state index in [0.29, 0.717) is 0 Å². The number of benzene rings is 2. The quantitative estimate of drug-likeness (QED) is 0.619. The molecule has 21 heavy (non-hydrogen) atoms. The zero-order chi connectivity index (χ0) is 15.3. The minimum atomic E-state index is -2.80. The second-order valence-electron chi connectivity index (χ2n) is 6.15. The zero-order valence-electron chi connectivity index (χ0n) is 12.8. The number of hydrogen-bond acceptors (Lipinski definition) is 2. The van der Waals surface area contributed by atoms with E-state index in [1.54, 1.807) is 0 Å². The lowest BCUT2D eigenvalue weighted by molar-refractivity contribution is 0.464. The highest BCUT2D eigenvalue weighted by molar-refractivity contribution is 7.80. The summed E-state index contributed by atoms with van der Waals surface area (Å²) in [6.07, 6.45) is 1.99. The Morgan fingerprint density at radius 1 is 0.905 bits per heavy atom. The third kappa shape index (κ3) is 3.25. The standard InChI is InChI=1S/C18H24OSSi/c1-18(2,14-9-15-20)21(19,16-10-5-3-6-11-16)17-12-7-4-8-13-17/h3-8,10-13,19-20H,9,14-15H2,1-2H3. The summed E-state index contributed by atoms with van der Waals surface area (Å²) in [4.78, 5) is 11.8.